The number of likely N-dealkylation sites (N-methyl/N-ethyl adjacent to an activating group) is 1. The Balaban J connectivity index is 2.53. The number of aliphatic hydroxyl groups is 1. The number of hydrogen-bond acceptors (Lipinski definition) is 4. The number of carbonyl (C=O) groups is 2. The summed E-state index contributed by atoms with van der Waals surface area (Å²) in [7, 11) is 1.54. The molecule has 7 heteroatoms. The van der Waals surface area contributed by atoms with Gasteiger partial charge in [-0.3, -0.25) is 4.79 Å². The summed E-state index contributed by atoms with van der Waals surface area (Å²) in [5.74, 6) is -1.69. The molecule has 2 amide bonds. The summed E-state index contributed by atoms with van der Waals surface area (Å²) >= 11 is 0. The molecule has 0 aromatic heterocycles. The monoisotopic (exact) mass is 246 g/mol. The van der Waals surface area contributed by atoms with Crippen molar-refractivity contribution < 1.29 is 24.5 Å². The van der Waals surface area contributed by atoms with Crippen molar-refractivity contribution in [3.63, 3.8) is 0 Å². The topological polar surface area (TPSA) is 99.1 Å². The van der Waals surface area contributed by atoms with Crippen molar-refractivity contribution in [1.82, 2.24) is 10.2 Å². The number of carbonyl (C=O) groups excluding carboxylic acids is 1. The number of urea groups is 1. The standard InChI is InChI=1S/C10H18N2O5/c1-6(3-13)12(2)10(16)11-8-5-17-4-7(8)9(14)15/h6-8,13H,3-5H2,1-2H3,(H,11,16)(H,14,15). The highest BCUT2D eigenvalue weighted by Gasteiger charge is 2.35. The van der Waals surface area contributed by atoms with Gasteiger partial charge >= 0.3 is 12.0 Å². The molecule has 3 atom stereocenters. The largest absolute Gasteiger partial charge is 0.481 e. The van der Waals surface area contributed by atoms with Crippen molar-refractivity contribution in [2.75, 3.05) is 26.9 Å². The van der Waals surface area contributed by atoms with Crippen LogP contribution < -0.4 is 5.32 Å². The van der Waals surface area contributed by atoms with E-state index in [0.29, 0.717) is 0 Å². The number of nitrogens with zero attached hydrogens (tertiary/aromatic N) is 1. The van der Waals surface area contributed by atoms with E-state index in [1.165, 1.54) is 4.90 Å². The number of nitrogens with one attached hydrogen (secondary N) is 1. The second-order valence-corrected chi connectivity index (χ2v) is 4.18. The third-order valence-electron chi connectivity index (χ3n) is 2.95. The van der Waals surface area contributed by atoms with Crippen molar-refractivity contribution in [2.24, 2.45) is 5.92 Å². The summed E-state index contributed by atoms with van der Waals surface area (Å²) in [5.41, 5.74) is 0. The van der Waals surface area contributed by atoms with Gasteiger partial charge in [-0.05, 0) is 6.92 Å². The first-order valence-corrected chi connectivity index (χ1v) is 5.42. The highest BCUT2D eigenvalue weighted by molar-refractivity contribution is 5.77. The molecule has 17 heavy (non-hydrogen) atoms. The lowest BCUT2D eigenvalue weighted by molar-refractivity contribution is -0.142. The van der Waals surface area contributed by atoms with E-state index in [1.807, 2.05) is 0 Å². The van der Waals surface area contributed by atoms with Crippen LogP contribution in [-0.2, 0) is 9.53 Å². The fourth-order valence-electron chi connectivity index (χ4n) is 1.52. The molecule has 0 aromatic carbocycles. The zero-order chi connectivity index (χ0) is 13.0. The molecule has 7 nitrogen and oxygen atoms in total. The Labute approximate surface area is 99.4 Å². The normalized spacial score (nSPS) is 25.4. The van der Waals surface area contributed by atoms with E-state index in [9.17, 15) is 9.59 Å². The molecule has 3 unspecified atom stereocenters. The lowest BCUT2D eigenvalue weighted by Gasteiger charge is -2.26. The Morgan fingerprint density at radius 3 is 2.71 bits per heavy atom. The summed E-state index contributed by atoms with van der Waals surface area (Å²) < 4.78 is 5.03. The van der Waals surface area contributed by atoms with Gasteiger partial charge in [0.2, 0.25) is 0 Å². The van der Waals surface area contributed by atoms with E-state index in [4.69, 9.17) is 14.9 Å². The van der Waals surface area contributed by atoms with Gasteiger partial charge in [0.1, 0.15) is 5.92 Å². The van der Waals surface area contributed by atoms with E-state index >= 15 is 0 Å². The van der Waals surface area contributed by atoms with Gasteiger partial charge in [-0.2, -0.15) is 0 Å². The summed E-state index contributed by atoms with van der Waals surface area (Å²) in [5, 5.41) is 20.4. The summed E-state index contributed by atoms with van der Waals surface area (Å²) in [6, 6.07) is -1.25. The van der Waals surface area contributed by atoms with Crippen LogP contribution in [0.2, 0.25) is 0 Å². The van der Waals surface area contributed by atoms with E-state index in [2.05, 4.69) is 5.32 Å². The van der Waals surface area contributed by atoms with Crippen LogP contribution in [0.4, 0.5) is 4.79 Å². The van der Waals surface area contributed by atoms with E-state index in [1.54, 1.807) is 14.0 Å². The quantitative estimate of drug-likeness (QED) is 0.597. The molecule has 3 N–H and O–H groups in total. The summed E-state index contributed by atoms with van der Waals surface area (Å²) in [6.45, 7) is 1.86. The Morgan fingerprint density at radius 2 is 2.18 bits per heavy atom. The average molecular weight is 246 g/mol. The highest BCUT2D eigenvalue weighted by Crippen LogP contribution is 2.14. The number of ether oxygens (including phenoxy) is 1. The van der Waals surface area contributed by atoms with Gasteiger partial charge in [0.15, 0.2) is 0 Å². The maximum Gasteiger partial charge on any atom is 0.317 e. The van der Waals surface area contributed by atoms with Crippen molar-refractivity contribution in [1.29, 1.82) is 0 Å². The van der Waals surface area contributed by atoms with E-state index < -0.39 is 24.0 Å². The van der Waals surface area contributed by atoms with Crippen LogP contribution in [0.3, 0.4) is 0 Å². The van der Waals surface area contributed by atoms with Crippen LogP contribution in [0.5, 0.6) is 0 Å². The number of carboxylic acids is 1. The third kappa shape index (κ3) is 3.31. The molecule has 1 saturated heterocycles. The third-order valence-corrected chi connectivity index (χ3v) is 2.95. The molecular weight excluding hydrogens is 228 g/mol. The molecule has 98 valence electrons. The van der Waals surface area contributed by atoms with Gasteiger partial charge < -0.3 is 25.2 Å². The van der Waals surface area contributed by atoms with Crippen LogP contribution >= 0.6 is 0 Å². The molecule has 0 aliphatic carbocycles. The van der Waals surface area contributed by atoms with Crippen molar-refractivity contribution in [3.05, 3.63) is 0 Å². The zero-order valence-electron chi connectivity index (χ0n) is 9.92. The molecule has 1 rings (SSSR count). The minimum Gasteiger partial charge on any atom is -0.481 e. The SMILES string of the molecule is CC(CO)N(C)C(=O)NC1COCC1C(=O)O. The lowest BCUT2D eigenvalue weighted by Crippen LogP contribution is -2.50. The molecule has 0 aromatic rings. The van der Waals surface area contributed by atoms with Crippen LogP contribution in [0.25, 0.3) is 0 Å². The summed E-state index contributed by atoms with van der Waals surface area (Å²) in [4.78, 5) is 23.9. The number of amides is 2. The van der Waals surface area contributed by atoms with Gasteiger partial charge in [-0.25, -0.2) is 4.79 Å². The second-order valence-electron chi connectivity index (χ2n) is 4.18. The van der Waals surface area contributed by atoms with Gasteiger partial charge in [-0.1, -0.05) is 0 Å². The average Bonchev–Trinajstić information content (AvgIpc) is 2.75. The molecule has 1 aliphatic heterocycles. The van der Waals surface area contributed by atoms with Gasteiger partial charge in [0.05, 0.1) is 31.9 Å². The van der Waals surface area contributed by atoms with Crippen LogP contribution in [-0.4, -0.2) is 66.1 Å². The Hall–Kier alpha value is -1.34. The number of aliphatic hydroxyl groups excluding tert-OH is 1. The molecule has 1 aliphatic rings. The van der Waals surface area contributed by atoms with Crippen molar-refractivity contribution in [3.8, 4) is 0 Å². The number of hydrogen-bond donors (Lipinski definition) is 3. The summed E-state index contributed by atoms with van der Waals surface area (Å²) in [6.07, 6.45) is 0. The van der Waals surface area contributed by atoms with Gasteiger partial charge in [0, 0.05) is 7.05 Å². The molecule has 0 radical (unpaired) electrons. The van der Waals surface area contributed by atoms with E-state index in [0.717, 1.165) is 0 Å². The number of carboxylic acid groups (broad SMARTS) is 1. The second kappa shape index (κ2) is 5.83. The predicted octanol–water partition coefficient (Wildman–Crippen LogP) is -0.892. The van der Waals surface area contributed by atoms with Gasteiger partial charge in [-0.15, -0.1) is 0 Å². The number of aliphatic carboxylic acids is 1. The van der Waals surface area contributed by atoms with Crippen LogP contribution in [0.15, 0.2) is 0 Å². The highest BCUT2D eigenvalue weighted by atomic mass is 16.5. The Kier molecular flexibility index (Phi) is 4.71. The Bertz CT molecular complexity index is 296. The first-order chi connectivity index (χ1) is 7.97. The number of rotatable bonds is 4. The first-order valence-electron chi connectivity index (χ1n) is 5.42. The van der Waals surface area contributed by atoms with Crippen molar-refractivity contribution >= 4 is 12.0 Å². The Morgan fingerprint density at radius 1 is 1.53 bits per heavy atom. The maximum absolute atomic E-state index is 11.7. The van der Waals surface area contributed by atoms with Crippen LogP contribution in [0.1, 0.15) is 6.92 Å². The van der Waals surface area contributed by atoms with Crippen LogP contribution in [0, 0.1) is 5.92 Å². The molecule has 1 fully saturated rings. The fourth-order valence-corrected chi connectivity index (χ4v) is 1.52. The van der Waals surface area contributed by atoms with E-state index in [-0.39, 0.29) is 25.9 Å². The zero-order valence-corrected chi connectivity index (χ0v) is 9.92. The molecule has 0 bridgehead atoms. The minimum absolute atomic E-state index is 0.111. The van der Waals surface area contributed by atoms with Gasteiger partial charge in [0.25, 0.3) is 0 Å². The molecule has 0 spiro atoms. The fraction of sp³-hybridized carbons (Fsp3) is 0.800. The lowest BCUT2D eigenvalue weighted by atomic mass is 10.0. The molecule has 0 saturated carbocycles. The first kappa shape index (κ1) is 13.7. The smallest absolute Gasteiger partial charge is 0.317 e. The van der Waals surface area contributed by atoms with Crippen molar-refractivity contribution in [2.45, 2.75) is 19.0 Å². The molecular formula is C10H18N2O5. The minimum atomic E-state index is -0.981. The maximum atomic E-state index is 11.7. The predicted molar refractivity (Wildman–Crippen MR) is 58.6 cm³/mol. The molecule has 1 heterocycles.